The van der Waals surface area contributed by atoms with Gasteiger partial charge in [-0.1, -0.05) is 37.8 Å². The molecule has 0 bridgehead atoms. The summed E-state index contributed by atoms with van der Waals surface area (Å²) < 4.78 is 0. The van der Waals surface area contributed by atoms with Crippen LogP contribution in [0.2, 0.25) is 0 Å². The van der Waals surface area contributed by atoms with Crippen LogP contribution in [0.1, 0.15) is 73.6 Å². The Kier molecular flexibility index (Phi) is 6.83. The first kappa shape index (κ1) is 20.6. The van der Waals surface area contributed by atoms with Gasteiger partial charge < -0.3 is 10.6 Å². The van der Waals surface area contributed by atoms with Gasteiger partial charge in [0.25, 0.3) is 0 Å². The number of hydrogen-bond donors (Lipinski definition) is 2. The standard InChI is InChI=1S/C26H32N2O2/c29-25(27-23-15-13-19-9-11-21(19)17-23)7-5-3-1-2-4-6-8-26(30)28-24-16-14-20-10-12-22(20)18-24/h13-18H,1-12H2,(H,27,29)(H,28,30). The molecule has 0 fully saturated rings. The average Bonchev–Trinajstić information content (AvgIpc) is 2.68. The van der Waals surface area contributed by atoms with E-state index in [4.69, 9.17) is 0 Å². The molecule has 4 rings (SSSR count). The number of unbranched alkanes of at least 4 members (excludes halogenated alkanes) is 5. The molecule has 0 unspecified atom stereocenters. The second-order valence-electron chi connectivity index (χ2n) is 8.68. The van der Waals surface area contributed by atoms with Gasteiger partial charge in [-0.2, -0.15) is 0 Å². The molecule has 0 saturated heterocycles. The molecule has 0 aliphatic heterocycles. The van der Waals surface area contributed by atoms with Crippen molar-refractivity contribution in [3.8, 4) is 0 Å². The van der Waals surface area contributed by atoms with Gasteiger partial charge in [-0.3, -0.25) is 9.59 Å². The van der Waals surface area contributed by atoms with E-state index in [1.807, 2.05) is 12.1 Å². The van der Waals surface area contributed by atoms with E-state index in [1.54, 1.807) is 0 Å². The third-order valence-electron chi connectivity index (χ3n) is 6.37. The Morgan fingerprint density at radius 2 is 0.967 bits per heavy atom. The Morgan fingerprint density at radius 3 is 1.33 bits per heavy atom. The molecule has 0 heterocycles. The summed E-state index contributed by atoms with van der Waals surface area (Å²) in [4.78, 5) is 24.1. The molecule has 0 aromatic heterocycles. The molecular formula is C26H32N2O2. The smallest absolute Gasteiger partial charge is 0.224 e. The summed E-state index contributed by atoms with van der Waals surface area (Å²) in [5, 5.41) is 6.03. The van der Waals surface area contributed by atoms with Crippen LogP contribution in [0.4, 0.5) is 11.4 Å². The fraction of sp³-hybridized carbons (Fsp3) is 0.462. The molecule has 2 amide bonds. The first-order chi connectivity index (χ1) is 14.7. The van der Waals surface area contributed by atoms with E-state index in [0.29, 0.717) is 12.8 Å². The lowest BCUT2D eigenvalue weighted by atomic mass is 9.88. The maximum atomic E-state index is 12.1. The largest absolute Gasteiger partial charge is 0.326 e. The Bertz CT molecular complexity index is 844. The number of aryl methyl sites for hydroxylation is 4. The second-order valence-corrected chi connectivity index (χ2v) is 8.68. The molecule has 2 aromatic rings. The molecule has 2 aliphatic rings. The Labute approximate surface area is 179 Å². The van der Waals surface area contributed by atoms with Crippen LogP contribution in [-0.2, 0) is 35.3 Å². The van der Waals surface area contributed by atoms with Crippen molar-refractivity contribution in [3.05, 3.63) is 58.7 Å². The van der Waals surface area contributed by atoms with Crippen LogP contribution in [0.15, 0.2) is 36.4 Å². The maximum absolute atomic E-state index is 12.1. The van der Waals surface area contributed by atoms with Crippen LogP contribution in [-0.4, -0.2) is 11.8 Å². The Balaban J connectivity index is 1.01. The second kappa shape index (κ2) is 9.92. The fourth-order valence-electron chi connectivity index (χ4n) is 4.27. The number of fused-ring (bicyclic) bond motifs is 2. The van der Waals surface area contributed by atoms with Gasteiger partial charge >= 0.3 is 0 Å². The van der Waals surface area contributed by atoms with E-state index < -0.39 is 0 Å². The molecule has 0 radical (unpaired) electrons. The summed E-state index contributed by atoms with van der Waals surface area (Å²) in [5.74, 6) is 0.226. The predicted octanol–water partition coefficient (Wildman–Crippen LogP) is 5.58. The number of hydrogen-bond acceptors (Lipinski definition) is 2. The molecule has 2 aliphatic carbocycles. The third-order valence-corrected chi connectivity index (χ3v) is 6.37. The van der Waals surface area contributed by atoms with Crippen LogP contribution in [0.25, 0.3) is 0 Å². The highest BCUT2D eigenvalue weighted by atomic mass is 16.2. The highest BCUT2D eigenvalue weighted by molar-refractivity contribution is 5.91. The number of nitrogens with one attached hydrogen (secondary N) is 2. The highest BCUT2D eigenvalue weighted by Crippen LogP contribution is 2.27. The topological polar surface area (TPSA) is 58.2 Å². The van der Waals surface area contributed by atoms with E-state index in [-0.39, 0.29) is 11.8 Å². The lowest BCUT2D eigenvalue weighted by Gasteiger charge is -2.19. The van der Waals surface area contributed by atoms with Crippen molar-refractivity contribution in [2.24, 2.45) is 0 Å². The predicted molar refractivity (Wildman–Crippen MR) is 122 cm³/mol. The maximum Gasteiger partial charge on any atom is 0.224 e. The van der Waals surface area contributed by atoms with E-state index >= 15 is 0 Å². The average molecular weight is 405 g/mol. The van der Waals surface area contributed by atoms with Crippen LogP contribution in [0.3, 0.4) is 0 Å². The van der Waals surface area contributed by atoms with Gasteiger partial charge in [0.05, 0.1) is 0 Å². The monoisotopic (exact) mass is 404 g/mol. The number of benzene rings is 2. The summed E-state index contributed by atoms with van der Waals surface area (Å²) in [6, 6.07) is 12.5. The highest BCUT2D eigenvalue weighted by Gasteiger charge is 2.14. The van der Waals surface area contributed by atoms with Crippen molar-refractivity contribution in [1.82, 2.24) is 0 Å². The molecule has 0 atom stereocenters. The van der Waals surface area contributed by atoms with Gasteiger partial charge in [0.15, 0.2) is 0 Å². The lowest BCUT2D eigenvalue weighted by Crippen LogP contribution is -2.14. The minimum absolute atomic E-state index is 0.113. The molecular weight excluding hydrogens is 372 g/mol. The quantitative estimate of drug-likeness (QED) is 0.480. The Morgan fingerprint density at radius 1 is 0.567 bits per heavy atom. The normalized spacial score (nSPS) is 13.5. The number of rotatable bonds is 11. The van der Waals surface area contributed by atoms with Gasteiger partial charge in [-0.15, -0.1) is 0 Å². The third kappa shape index (κ3) is 5.50. The van der Waals surface area contributed by atoms with Crippen molar-refractivity contribution in [2.75, 3.05) is 10.6 Å². The molecule has 4 nitrogen and oxygen atoms in total. The van der Waals surface area contributed by atoms with Gasteiger partial charge in [0.2, 0.25) is 11.8 Å². The summed E-state index contributed by atoms with van der Waals surface area (Å²) in [7, 11) is 0. The number of anilines is 2. The minimum atomic E-state index is 0.113. The zero-order chi connectivity index (χ0) is 20.8. The zero-order valence-electron chi connectivity index (χ0n) is 17.8. The van der Waals surface area contributed by atoms with E-state index in [0.717, 1.165) is 62.7 Å². The summed E-state index contributed by atoms with van der Waals surface area (Å²) in [5.41, 5.74) is 7.44. The summed E-state index contributed by atoms with van der Waals surface area (Å²) in [6.45, 7) is 0. The summed E-state index contributed by atoms with van der Waals surface area (Å²) >= 11 is 0. The first-order valence-corrected chi connectivity index (χ1v) is 11.5. The van der Waals surface area contributed by atoms with Gasteiger partial charge in [0.1, 0.15) is 0 Å². The van der Waals surface area contributed by atoms with Crippen LogP contribution >= 0.6 is 0 Å². The number of carbonyl (C=O) groups is 2. The molecule has 158 valence electrons. The van der Waals surface area contributed by atoms with Crippen LogP contribution < -0.4 is 10.6 Å². The van der Waals surface area contributed by atoms with E-state index in [1.165, 1.54) is 35.1 Å². The molecule has 0 spiro atoms. The molecule has 2 aromatic carbocycles. The number of amides is 2. The van der Waals surface area contributed by atoms with E-state index in [2.05, 4.69) is 34.9 Å². The molecule has 0 saturated carbocycles. The Hall–Kier alpha value is -2.62. The van der Waals surface area contributed by atoms with Gasteiger partial charge in [-0.05, 0) is 85.0 Å². The first-order valence-electron chi connectivity index (χ1n) is 11.5. The van der Waals surface area contributed by atoms with Gasteiger partial charge in [0, 0.05) is 24.2 Å². The number of carbonyl (C=O) groups excluding carboxylic acids is 2. The fourth-order valence-corrected chi connectivity index (χ4v) is 4.27. The molecule has 2 N–H and O–H groups in total. The zero-order valence-corrected chi connectivity index (χ0v) is 17.8. The van der Waals surface area contributed by atoms with Crippen molar-refractivity contribution in [3.63, 3.8) is 0 Å². The van der Waals surface area contributed by atoms with Crippen LogP contribution in [0.5, 0.6) is 0 Å². The van der Waals surface area contributed by atoms with Crippen LogP contribution in [0, 0.1) is 0 Å². The van der Waals surface area contributed by atoms with Crippen molar-refractivity contribution in [1.29, 1.82) is 0 Å². The van der Waals surface area contributed by atoms with Crippen molar-refractivity contribution >= 4 is 23.2 Å². The minimum Gasteiger partial charge on any atom is -0.326 e. The molecule has 30 heavy (non-hydrogen) atoms. The SMILES string of the molecule is O=C(CCCCCCCCC(=O)Nc1ccc2c(c1)CC2)Nc1ccc2c(c1)CC2. The van der Waals surface area contributed by atoms with E-state index in [9.17, 15) is 9.59 Å². The summed E-state index contributed by atoms with van der Waals surface area (Å²) in [6.07, 6.45) is 12.0. The lowest BCUT2D eigenvalue weighted by molar-refractivity contribution is -0.117. The molecule has 4 heteroatoms. The van der Waals surface area contributed by atoms with Crippen molar-refractivity contribution in [2.45, 2.75) is 77.0 Å². The van der Waals surface area contributed by atoms with Gasteiger partial charge in [-0.25, -0.2) is 0 Å². The van der Waals surface area contributed by atoms with Crippen molar-refractivity contribution < 1.29 is 9.59 Å².